The average molecular weight is 334 g/mol. The number of rotatable bonds is 3. The first-order valence-electron chi connectivity index (χ1n) is 7.36. The van der Waals surface area contributed by atoms with Gasteiger partial charge < -0.3 is 15.2 Å². The third-order valence-electron chi connectivity index (χ3n) is 3.95. The van der Waals surface area contributed by atoms with Gasteiger partial charge >= 0.3 is 0 Å². The molecule has 2 amide bonds. The van der Waals surface area contributed by atoms with Gasteiger partial charge in [-0.2, -0.15) is 0 Å². The zero-order valence-electron chi connectivity index (χ0n) is 12.4. The summed E-state index contributed by atoms with van der Waals surface area (Å²) < 4.78 is 5.17. The van der Waals surface area contributed by atoms with E-state index in [4.69, 9.17) is 21.9 Å². The van der Waals surface area contributed by atoms with Crippen molar-refractivity contribution in [1.82, 2.24) is 10.1 Å². The molecular weight excluding hydrogens is 318 g/mol. The second-order valence-electron chi connectivity index (χ2n) is 5.58. The lowest BCUT2D eigenvalue weighted by Crippen LogP contribution is -2.44. The van der Waals surface area contributed by atoms with Crippen molar-refractivity contribution in [2.75, 3.05) is 13.1 Å². The topological polar surface area (TPSA) is 89.4 Å². The lowest BCUT2D eigenvalue weighted by molar-refractivity contribution is -0.123. The number of hydrogen-bond acceptors (Lipinski definition) is 4. The van der Waals surface area contributed by atoms with Crippen LogP contribution in [0.25, 0.3) is 11.3 Å². The number of likely N-dealkylation sites (tertiary alicyclic amines) is 1. The molecule has 1 saturated heterocycles. The Morgan fingerprint density at radius 3 is 2.91 bits per heavy atom. The number of carbonyl (C=O) groups is 2. The normalized spacial score (nSPS) is 18.0. The molecule has 1 aromatic carbocycles. The minimum absolute atomic E-state index is 0.144. The molecule has 6 nitrogen and oxygen atoms in total. The lowest BCUT2D eigenvalue weighted by Gasteiger charge is -2.30. The van der Waals surface area contributed by atoms with E-state index in [1.807, 2.05) is 6.07 Å². The van der Waals surface area contributed by atoms with Crippen LogP contribution in [0.4, 0.5) is 0 Å². The van der Waals surface area contributed by atoms with Crippen molar-refractivity contribution < 1.29 is 14.1 Å². The highest BCUT2D eigenvalue weighted by Gasteiger charge is 2.29. The van der Waals surface area contributed by atoms with Gasteiger partial charge in [-0.3, -0.25) is 9.59 Å². The van der Waals surface area contributed by atoms with Crippen LogP contribution in [0.3, 0.4) is 0 Å². The molecule has 1 aromatic heterocycles. The Kier molecular flexibility index (Phi) is 4.34. The Balaban J connectivity index is 1.77. The molecule has 2 N–H and O–H groups in total. The maximum absolute atomic E-state index is 12.5. The fourth-order valence-electron chi connectivity index (χ4n) is 2.71. The smallest absolute Gasteiger partial charge is 0.292 e. The first kappa shape index (κ1) is 15.6. The van der Waals surface area contributed by atoms with E-state index in [-0.39, 0.29) is 23.5 Å². The van der Waals surface area contributed by atoms with Crippen LogP contribution in [0.1, 0.15) is 23.4 Å². The van der Waals surface area contributed by atoms with Crippen molar-refractivity contribution in [2.24, 2.45) is 11.7 Å². The van der Waals surface area contributed by atoms with E-state index in [0.29, 0.717) is 30.2 Å². The molecule has 2 aromatic rings. The summed E-state index contributed by atoms with van der Waals surface area (Å²) in [6.45, 7) is 0.900. The van der Waals surface area contributed by atoms with Crippen LogP contribution >= 0.6 is 11.6 Å². The number of nitrogens with zero attached hydrogens (tertiary/aromatic N) is 2. The van der Waals surface area contributed by atoms with E-state index in [2.05, 4.69) is 5.16 Å². The van der Waals surface area contributed by atoms with Crippen molar-refractivity contribution in [3.05, 3.63) is 41.1 Å². The molecule has 1 fully saturated rings. The highest BCUT2D eigenvalue weighted by molar-refractivity contribution is 6.30. The van der Waals surface area contributed by atoms with Crippen molar-refractivity contribution in [1.29, 1.82) is 0 Å². The number of halogens is 1. The maximum Gasteiger partial charge on any atom is 0.292 e. The molecular formula is C16H16ClN3O3. The number of aromatic nitrogens is 1. The van der Waals surface area contributed by atoms with Gasteiger partial charge in [-0.1, -0.05) is 28.9 Å². The van der Waals surface area contributed by atoms with E-state index in [1.54, 1.807) is 29.2 Å². The Labute approximate surface area is 138 Å². The van der Waals surface area contributed by atoms with Crippen LogP contribution in [0.15, 0.2) is 34.9 Å². The monoisotopic (exact) mass is 333 g/mol. The molecule has 2 heterocycles. The van der Waals surface area contributed by atoms with Gasteiger partial charge in [0.05, 0.1) is 5.92 Å². The summed E-state index contributed by atoms with van der Waals surface area (Å²) in [6, 6.07) is 8.73. The molecule has 0 unspecified atom stereocenters. The van der Waals surface area contributed by atoms with Crippen molar-refractivity contribution in [3.63, 3.8) is 0 Å². The summed E-state index contributed by atoms with van der Waals surface area (Å²) >= 11 is 5.95. The second kappa shape index (κ2) is 6.42. The zero-order valence-corrected chi connectivity index (χ0v) is 13.1. The van der Waals surface area contributed by atoms with Gasteiger partial charge in [0, 0.05) is 29.7 Å². The van der Waals surface area contributed by atoms with Gasteiger partial charge in [0.1, 0.15) is 5.69 Å². The van der Waals surface area contributed by atoms with Crippen LogP contribution in [-0.2, 0) is 4.79 Å². The molecule has 120 valence electrons. The zero-order chi connectivity index (χ0) is 16.4. The Hall–Kier alpha value is -2.34. The predicted octanol–water partition coefficient (Wildman–Crippen LogP) is 2.33. The first-order chi connectivity index (χ1) is 11.0. The van der Waals surface area contributed by atoms with E-state index < -0.39 is 0 Å². The van der Waals surface area contributed by atoms with Crippen LogP contribution in [0.2, 0.25) is 5.02 Å². The SMILES string of the molecule is NC(=O)[C@@H]1CCCN(C(=O)c2cc(-c3cccc(Cl)c3)no2)C1. The first-order valence-corrected chi connectivity index (χ1v) is 7.73. The van der Waals surface area contributed by atoms with Gasteiger partial charge in [0.25, 0.3) is 5.91 Å². The van der Waals surface area contributed by atoms with Crippen molar-refractivity contribution in [2.45, 2.75) is 12.8 Å². The fourth-order valence-corrected chi connectivity index (χ4v) is 2.90. The third kappa shape index (κ3) is 3.37. The minimum atomic E-state index is -0.375. The van der Waals surface area contributed by atoms with Gasteiger partial charge in [-0.05, 0) is 25.0 Å². The number of hydrogen-bond donors (Lipinski definition) is 1. The van der Waals surface area contributed by atoms with Gasteiger partial charge in [0.15, 0.2) is 0 Å². The molecule has 3 rings (SSSR count). The summed E-state index contributed by atoms with van der Waals surface area (Å²) in [5.41, 5.74) is 6.65. The quantitative estimate of drug-likeness (QED) is 0.933. The number of nitrogens with two attached hydrogens (primary N) is 1. The second-order valence-corrected chi connectivity index (χ2v) is 6.02. The molecule has 1 aliphatic heterocycles. The Bertz CT molecular complexity index is 744. The van der Waals surface area contributed by atoms with Crippen LogP contribution < -0.4 is 5.73 Å². The molecule has 0 spiro atoms. The summed E-state index contributed by atoms with van der Waals surface area (Å²) in [7, 11) is 0. The van der Waals surface area contributed by atoms with Crippen molar-refractivity contribution in [3.8, 4) is 11.3 Å². The van der Waals surface area contributed by atoms with Gasteiger partial charge in [-0.15, -0.1) is 0 Å². The molecule has 0 bridgehead atoms. The minimum Gasteiger partial charge on any atom is -0.369 e. The molecule has 0 aliphatic carbocycles. The summed E-state index contributed by atoms with van der Waals surface area (Å²) in [5.74, 6) is -0.815. The van der Waals surface area contributed by atoms with E-state index in [0.717, 1.165) is 12.0 Å². The number of piperidine rings is 1. The van der Waals surface area contributed by atoms with Crippen LogP contribution in [-0.4, -0.2) is 35.0 Å². The molecule has 1 aliphatic rings. The Morgan fingerprint density at radius 1 is 1.35 bits per heavy atom. The molecule has 0 radical (unpaired) electrons. The number of amides is 2. The number of benzene rings is 1. The lowest BCUT2D eigenvalue weighted by atomic mass is 9.97. The highest BCUT2D eigenvalue weighted by Crippen LogP contribution is 2.24. The van der Waals surface area contributed by atoms with Crippen LogP contribution in [0.5, 0.6) is 0 Å². The average Bonchev–Trinajstić information content (AvgIpc) is 3.04. The highest BCUT2D eigenvalue weighted by atomic mass is 35.5. The van der Waals surface area contributed by atoms with Gasteiger partial charge in [-0.25, -0.2) is 0 Å². The Morgan fingerprint density at radius 2 is 2.17 bits per heavy atom. The standard InChI is InChI=1S/C16H16ClN3O3/c17-12-5-1-3-10(7-12)13-8-14(23-19-13)16(22)20-6-2-4-11(9-20)15(18)21/h1,3,5,7-8,11H,2,4,6,9H2,(H2,18,21)/t11-/m1/s1. The van der Waals surface area contributed by atoms with E-state index >= 15 is 0 Å². The van der Waals surface area contributed by atoms with Crippen LogP contribution in [0, 0.1) is 5.92 Å². The molecule has 1 atom stereocenters. The molecule has 0 saturated carbocycles. The summed E-state index contributed by atoms with van der Waals surface area (Å²) in [4.78, 5) is 25.4. The largest absolute Gasteiger partial charge is 0.369 e. The van der Waals surface area contributed by atoms with Crippen molar-refractivity contribution >= 4 is 23.4 Å². The third-order valence-corrected chi connectivity index (χ3v) is 4.19. The maximum atomic E-state index is 12.5. The molecule has 23 heavy (non-hydrogen) atoms. The fraction of sp³-hybridized carbons (Fsp3) is 0.312. The van der Waals surface area contributed by atoms with E-state index in [9.17, 15) is 9.59 Å². The number of primary amides is 1. The number of carbonyl (C=O) groups excluding carboxylic acids is 2. The molecule has 7 heteroatoms. The predicted molar refractivity (Wildman–Crippen MR) is 84.8 cm³/mol. The van der Waals surface area contributed by atoms with Gasteiger partial charge in [0.2, 0.25) is 11.7 Å². The van der Waals surface area contributed by atoms with E-state index in [1.165, 1.54) is 0 Å². The summed E-state index contributed by atoms with van der Waals surface area (Å²) in [6.07, 6.45) is 1.46. The summed E-state index contributed by atoms with van der Waals surface area (Å²) in [5, 5.41) is 4.51.